The monoisotopic (exact) mass is 296 g/mol. The summed E-state index contributed by atoms with van der Waals surface area (Å²) >= 11 is 0. The largest absolute Gasteiger partial charge is 0.478 e. The van der Waals surface area contributed by atoms with Gasteiger partial charge in [-0.15, -0.1) is 0 Å². The minimum Gasteiger partial charge on any atom is -0.478 e. The fourth-order valence-electron chi connectivity index (χ4n) is 1.65. The number of aromatic nitrogens is 2. The van der Waals surface area contributed by atoms with Crippen LogP contribution in [-0.2, 0) is 9.59 Å². The minimum absolute atomic E-state index is 0.640. The molecule has 2 heterocycles. The van der Waals surface area contributed by atoms with Gasteiger partial charge in [0.1, 0.15) is 0 Å². The average Bonchev–Trinajstić information content (AvgIpc) is 2.52. The molecule has 22 heavy (non-hydrogen) atoms. The van der Waals surface area contributed by atoms with E-state index in [2.05, 4.69) is 9.97 Å². The van der Waals surface area contributed by atoms with Gasteiger partial charge in [0.2, 0.25) is 0 Å². The van der Waals surface area contributed by atoms with Gasteiger partial charge in [0.15, 0.2) is 0 Å². The van der Waals surface area contributed by atoms with Gasteiger partial charge < -0.3 is 10.2 Å². The summed E-state index contributed by atoms with van der Waals surface area (Å²) in [5, 5.41) is 17.1. The van der Waals surface area contributed by atoms with Crippen molar-refractivity contribution in [2.24, 2.45) is 0 Å². The molecule has 0 radical (unpaired) electrons. The lowest BCUT2D eigenvalue weighted by atomic mass is 10.2. The molecule has 0 atom stereocenters. The maximum absolute atomic E-state index is 10.4. The van der Waals surface area contributed by atoms with E-state index >= 15 is 0 Å². The summed E-state index contributed by atoms with van der Waals surface area (Å²) in [5.41, 5.74) is 2.63. The van der Waals surface area contributed by atoms with Crippen molar-refractivity contribution in [3.8, 4) is 11.4 Å². The average molecular weight is 296 g/mol. The van der Waals surface area contributed by atoms with E-state index in [1.165, 1.54) is 12.2 Å². The Morgan fingerprint density at radius 3 is 1.45 bits per heavy atom. The van der Waals surface area contributed by atoms with Gasteiger partial charge in [0.05, 0.1) is 11.4 Å². The first-order valence-electron chi connectivity index (χ1n) is 6.29. The number of carboxylic acid groups (broad SMARTS) is 2. The van der Waals surface area contributed by atoms with E-state index in [1.54, 1.807) is 36.7 Å². The van der Waals surface area contributed by atoms with E-state index in [-0.39, 0.29) is 0 Å². The van der Waals surface area contributed by atoms with Gasteiger partial charge in [0.25, 0.3) is 0 Å². The molecular formula is C16H12N2O4. The van der Waals surface area contributed by atoms with Crippen LogP contribution in [0, 0.1) is 0 Å². The van der Waals surface area contributed by atoms with Gasteiger partial charge >= 0.3 is 11.9 Å². The molecule has 6 heteroatoms. The fourth-order valence-corrected chi connectivity index (χ4v) is 1.65. The third-order valence-corrected chi connectivity index (χ3v) is 2.67. The van der Waals surface area contributed by atoms with E-state index in [1.807, 2.05) is 0 Å². The lowest BCUT2D eigenvalue weighted by molar-refractivity contribution is -0.132. The standard InChI is InChI=1S/C16H12N2O4/c19-15(20)7-3-11-1-5-13(17-9-11)14-6-2-12(10-18-14)4-8-16(21)22/h1-10H,(H,19,20)(H,21,22). The molecule has 0 aliphatic heterocycles. The van der Waals surface area contributed by atoms with Crippen molar-refractivity contribution in [3.05, 3.63) is 59.9 Å². The first kappa shape index (κ1) is 15.1. The Labute approximate surface area is 126 Å². The highest BCUT2D eigenvalue weighted by Gasteiger charge is 2.01. The highest BCUT2D eigenvalue weighted by atomic mass is 16.4. The first-order chi connectivity index (χ1) is 10.5. The van der Waals surface area contributed by atoms with Crippen molar-refractivity contribution in [1.29, 1.82) is 0 Å². The Kier molecular flexibility index (Phi) is 4.77. The molecule has 0 aliphatic carbocycles. The molecule has 0 aromatic carbocycles. The van der Waals surface area contributed by atoms with Crippen LogP contribution < -0.4 is 0 Å². The van der Waals surface area contributed by atoms with Crippen LogP contribution >= 0.6 is 0 Å². The predicted octanol–water partition coefficient (Wildman–Crippen LogP) is 2.34. The molecule has 0 aliphatic rings. The number of carbonyl (C=O) groups is 2. The van der Waals surface area contributed by atoms with E-state index in [0.717, 1.165) is 12.2 Å². The summed E-state index contributed by atoms with van der Waals surface area (Å²) in [6.07, 6.45) is 8.08. The molecule has 2 aromatic rings. The molecule has 0 spiro atoms. The Balaban J connectivity index is 2.15. The number of carboxylic acids is 2. The van der Waals surface area contributed by atoms with Crippen molar-refractivity contribution >= 4 is 24.1 Å². The SMILES string of the molecule is O=C(O)C=Cc1ccc(-c2ccc(C=CC(=O)O)cn2)nc1. The molecule has 110 valence electrons. The summed E-state index contributed by atoms with van der Waals surface area (Å²) in [4.78, 5) is 29.3. The van der Waals surface area contributed by atoms with Crippen LogP contribution in [0.2, 0.25) is 0 Å². The maximum atomic E-state index is 10.4. The van der Waals surface area contributed by atoms with Gasteiger partial charge in [0, 0.05) is 24.5 Å². The van der Waals surface area contributed by atoms with Crippen LogP contribution in [0.5, 0.6) is 0 Å². The lowest BCUT2D eigenvalue weighted by Gasteiger charge is -2.01. The van der Waals surface area contributed by atoms with Gasteiger partial charge in [-0.05, 0) is 35.4 Å². The Hall–Kier alpha value is -3.28. The summed E-state index contributed by atoms with van der Waals surface area (Å²) < 4.78 is 0. The highest BCUT2D eigenvalue weighted by molar-refractivity contribution is 5.85. The Morgan fingerprint density at radius 1 is 0.773 bits per heavy atom. The third kappa shape index (κ3) is 4.38. The van der Waals surface area contributed by atoms with Crippen LogP contribution in [0.25, 0.3) is 23.5 Å². The number of nitrogens with zero attached hydrogens (tertiary/aromatic N) is 2. The molecule has 0 saturated carbocycles. The molecule has 6 nitrogen and oxygen atoms in total. The van der Waals surface area contributed by atoms with Crippen LogP contribution in [0.15, 0.2) is 48.8 Å². The van der Waals surface area contributed by atoms with Gasteiger partial charge in [-0.3, -0.25) is 9.97 Å². The molecule has 2 aromatic heterocycles. The second kappa shape index (κ2) is 6.94. The van der Waals surface area contributed by atoms with Crippen molar-refractivity contribution in [2.75, 3.05) is 0 Å². The van der Waals surface area contributed by atoms with Gasteiger partial charge in [-0.2, -0.15) is 0 Å². The van der Waals surface area contributed by atoms with Crippen molar-refractivity contribution in [3.63, 3.8) is 0 Å². The highest BCUT2D eigenvalue weighted by Crippen LogP contribution is 2.15. The quantitative estimate of drug-likeness (QED) is 0.821. The second-order valence-corrected chi connectivity index (χ2v) is 4.30. The van der Waals surface area contributed by atoms with Crippen molar-refractivity contribution < 1.29 is 19.8 Å². The van der Waals surface area contributed by atoms with Gasteiger partial charge in [-0.25, -0.2) is 9.59 Å². The molecule has 2 N–H and O–H groups in total. The smallest absolute Gasteiger partial charge is 0.328 e. The first-order valence-corrected chi connectivity index (χ1v) is 6.29. The number of pyridine rings is 2. The van der Waals surface area contributed by atoms with E-state index < -0.39 is 11.9 Å². The lowest BCUT2D eigenvalue weighted by Crippen LogP contribution is -1.90. The summed E-state index contributed by atoms with van der Waals surface area (Å²) in [6.45, 7) is 0. The van der Waals surface area contributed by atoms with Crippen molar-refractivity contribution in [1.82, 2.24) is 9.97 Å². The molecular weight excluding hydrogens is 284 g/mol. The summed E-state index contributed by atoms with van der Waals surface area (Å²) in [6, 6.07) is 6.94. The van der Waals surface area contributed by atoms with E-state index in [0.29, 0.717) is 22.5 Å². The molecule has 0 saturated heterocycles. The van der Waals surface area contributed by atoms with Crippen molar-refractivity contribution in [2.45, 2.75) is 0 Å². The minimum atomic E-state index is -1.02. The molecule has 0 amide bonds. The number of rotatable bonds is 5. The molecule has 0 unspecified atom stereocenters. The van der Waals surface area contributed by atoms with Crippen LogP contribution in [0.4, 0.5) is 0 Å². The fraction of sp³-hybridized carbons (Fsp3) is 0. The predicted molar refractivity (Wildman–Crippen MR) is 80.8 cm³/mol. The zero-order valence-electron chi connectivity index (χ0n) is 11.4. The van der Waals surface area contributed by atoms with Crippen LogP contribution in [-0.4, -0.2) is 32.1 Å². The Morgan fingerprint density at radius 2 is 1.18 bits per heavy atom. The number of aliphatic carboxylic acids is 2. The molecule has 0 bridgehead atoms. The normalized spacial score (nSPS) is 11.1. The maximum Gasteiger partial charge on any atom is 0.328 e. The van der Waals surface area contributed by atoms with Crippen LogP contribution in [0.1, 0.15) is 11.1 Å². The number of hydrogen-bond acceptors (Lipinski definition) is 4. The Bertz CT molecular complexity index is 666. The topological polar surface area (TPSA) is 100 Å². The number of hydrogen-bond donors (Lipinski definition) is 2. The molecule has 0 fully saturated rings. The van der Waals surface area contributed by atoms with E-state index in [9.17, 15) is 9.59 Å². The molecule has 2 rings (SSSR count). The summed E-state index contributed by atoms with van der Waals surface area (Å²) in [7, 11) is 0. The summed E-state index contributed by atoms with van der Waals surface area (Å²) in [5.74, 6) is -2.04. The third-order valence-electron chi connectivity index (χ3n) is 2.67. The zero-order chi connectivity index (χ0) is 15.9. The second-order valence-electron chi connectivity index (χ2n) is 4.30. The van der Waals surface area contributed by atoms with E-state index in [4.69, 9.17) is 10.2 Å². The van der Waals surface area contributed by atoms with Crippen LogP contribution in [0.3, 0.4) is 0 Å². The zero-order valence-corrected chi connectivity index (χ0v) is 11.4. The van der Waals surface area contributed by atoms with Gasteiger partial charge in [-0.1, -0.05) is 12.1 Å².